The van der Waals surface area contributed by atoms with Crippen LogP contribution in [0.2, 0.25) is 0 Å². The van der Waals surface area contributed by atoms with Crippen LogP contribution in [0.5, 0.6) is 0 Å². The number of aromatic nitrogens is 1. The van der Waals surface area contributed by atoms with Gasteiger partial charge in [-0.1, -0.05) is 0 Å². The molecule has 0 amide bonds. The zero-order chi connectivity index (χ0) is 16.0. The highest BCUT2D eigenvalue weighted by Crippen LogP contribution is 2.51. The minimum atomic E-state index is -1.19. The molecule has 2 N–H and O–H groups in total. The van der Waals surface area contributed by atoms with Gasteiger partial charge in [-0.2, -0.15) is 0 Å². The number of fused-ring (bicyclic) bond motifs is 1. The average Bonchev–Trinajstić information content (AvgIpc) is 2.72. The Hall–Kier alpha value is -0.690. The van der Waals surface area contributed by atoms with Crippen LogP contribution in [-0.4, -0.2) is 27.4 Å². The number of piperidine rings is 1. The third kappa shape index (κ3) is 2.89. The lowest BCUT2D eigenvalue weighted by molar-refractivity contribution is 0.163. The molecular formula is C16H24FN3OS. The Morgan fingerprint density at radius 1 is 1.41 bits per heavy atom. The highest BCUT2D eigenvalue weighted by molar-refractivity contribution is 7.90. The molecule has 0 bridgehead atoms. The van der Waals surface area contributed by atoms with Gasteiger partial charge in [-0.15, -0.1) is 4.72 Å². The number of nitrogens with one attached hydrogen (secondary N) is 2. The van der Waals surface area contributed by atoms with E-state index < -0.39 is 11.4 Å². The van der Waals surface area contributed by atoms with Crippen LogP contribution < -0.4 is 10.0 Å². The van der Waals surface area contributed by atoms with Gasteiger partial charge < -0.3 is 9.87 Å². The number of halogens is 1. The quantitative estimate of drug-likeness (QED) is 0.819. The number of rotatable bonds is 2. The molecule has 0 radical (unpaired) electrons. The molecule has 1 saturated heterocycles. The van der Waals surface area contributed by atoms with Gasteiger partial charge in [0.1, 0.15) is 10.6 Å². The summed E-state index contributed by atoms with van der Waals surface area (Å²) in [6.07, 6.45) is 4.11. The van der Waals surface area contributed by atoms with Crippen LogP contribution in [0.1, 0.15) is 50.9 Å². The first kappa shape index (κ1) is 16.2. The summed E-state index contributed by atoms with van der Waals surface area (Å²) in [7, 11) is 0. The maximum absolute atomic E-state index is 13.7. The Labute approximate surface area is 134 Å². The largest absolute Gasteiger partial charge is 0.598 e. The highest BCUT2D eigenvalue weighted by Gasteiger charge is 2.50. The Morgan fingerprint density at radius 3 is 2.73 bits per heavy atom. The second-order valence-corrected chi connectivity index (χ2v) is 9.41. The van der Waals surface area contributed by atoms with E-state index in [4.69, 9.17) is 0 Å². The van der Waals surface area contributed by atoms with Gasteiger partial charge in [0.15, 0.2) is 0 Å². The molecular weight excluding hydrogens is 301 g/mol. The first-order valence-corrected chi connectivity index (χ1v) is 9.00. The molecule has 122 valence electrons. The van der Waals surface area contributed by atoms with E-state index >= 15 is 0 Å². The second-order valence-electron chi connectivity index (χ2n) is 7.41. The monoisotopic (exact) mass is 325 g/mol. The zero-order valence-corrected chi connectivity index (χ0v) is 14.2. The molecule has 1 fully saturated rings. The van der Waals surface area contributed by atoms with Crippen molar-refractivity contribution in [3.05, 3.63) is 29.3 Å². The van der Waals surface area contributed by atoms with Gasteiger partial charge in [0.05, 0.1) is 12.2 Å². The normalized spacial score (nSPS) is 25.2. The Balaban J connectivity index is 1.95. The zero-order valence-electron chi connectivity index (χ0n) is 13.4. The molecule has 0 aromatic carbocycles. The van der Waals surface area contributed by atoms with E-state index in [0.717, 1.165) is 43.6 Å². The van der Waals surface area contributed by atoms with Gasteiger partial charge in [-0.3, -0.25) is 4.98 Å². The molecule has 0 saturated carbocycles. The number of nitrogens with zero attached hydrogens (tertiary/aromatic N) is 1. The molecule has 1 aliphatic heterocycles. The van der Waals surface area contributed by atoms with E-state index in [-0.39, 0.29) is 22.0 Å². The first-order valence-electron chi connectivity index (χ1n) is 7.85. The maximum Gasteiger partial charge on any atom is 0.141 e. The Morgan fingerprint density at radius 2 is 2.09 bits per heavy atom. The Bertz CT molecular complexity index is 555. The fraction of sp³-hybridized carbons (Fsp3) is 0.688. The lowest BCUT2D eigenvalue weighted by Gasteiger charge is -2.40. The van der Waals surface area contributed by atoms with E-state index in [1.165, 1.54) is 6.20 Å². The molecule has 3 rings (SSSR count). The SMILES string of the molecule is CC(C)(C)[S@@+]([O-])NC1c2cc(F)cnc2CC12CCNCC2. The van der Waals surface area contributed by atoms with Crippen molar-refractivity contribution in [3.63, 3.8) is 0 Å². The van der Waals surface area contributed by atoms with Crippen molar-refractivity contribution in [2.24, 2.45) is 5.41 Å². The van der Waals surface area contributed by atoms with Crippen molar-refractivity contribution in [2.45, 2.75) is 50.8 Å². The molecule has 22 heavy (non-hydrogen) atoms. The van der Waals surface area contributed by atoms with Crippen molar-refractivity contribution in [2.75, 3.05) is 13.1 Å². The number of hydrogen-bond acceptors (Lipinski definition) is 4. The smallest absolute Gasteiger partial charge is 0.141 e. The lowest BCUT2D eigenvalue weighted by atomic mass is 9.74. The molecule has 1 aromatic rings. The first-order chi connectivity index (χ1) is 10.3. The molecule has 2 aliphatic rings. The standard InChI is InChI=1S/C16H24FN3OS/c1-15(2,3)22(21)20-14-12-8-11(17)10-19-13(12)9-16(14)4-6-18-7-5-16/h8,10,14,18,20H,4-7,9H2,1-3H3/t14?,22-/m1/s1. The van der Waals surface area contributed by atoms with E-state index in [0.29, 0.717) is 0 Å². The fourth-order valence-electron chi connectivity index (χ4n) is 3.51. The summed E-state index contributed by atoms with van der Waals surface area (Å²) in [5.74, 6) is -0.321. The summed E-state index contributed by atoms with van der Waals surface area (Å²) >= 11 is -1.19. The molecule has 1 aliphatic carbocycles. The Kier molecular flexibility index (Phi) is 4.22. The van der Waals surface area contributed by atoms with Gasteiger partial charge in [-0.25, -0.2) is 4.39 Å². The van der Waals surface area contributed by atoms with E-state index in [1.807, 2.05) is 20.8 Å². The van der Waals surface area contributed by atoms with Crippen LogP contribution in [0.25, 0.3) is 0 Å². The fourth-order valence-corrected chi connectivity index (χ4v) is 4.45. The van der Waals surface area contributed by atoms with E-state index in [2.05, 4.69) is 15.0 Å². The topological polar surface area (TPSA) is 60.0 Å². The van der Waals surface area contributed by atoms with Gasteiger partial charge in [0, 0.05) is 22.5 Å². The minimum Gasteiger partial charge on any atom is -0.598 e. The summed E-state index contributed by atoms with van der Waals surface area (Å²) in [5.41, 5.74) is 1.83. The summed E-state index contributed by atoms with van der Waals surface area (Å²) < 4.78 is 29.2. The predicted octanol–water partition coefficient (Wildman–Crippen LogP) is 2.24. The van der Waals surface area contributed by atoms with Crippen molar-refractivity contribution >= 4 is 11.4 Å². The third-order valence-corrected chi connectivity index (χ3v) is 6.36. The van der Waals surface area contributed by atoms with Crippen molar-refractivity contribution in [1.29, 1.82) is 0 Å². The summed E-state index contributed by atoms with van der Waals surface area (Å²) in [4.78, 5) is 4.29. The predicted molar refractivity (Wildman–Crippen MR) is 86.2 cm³/mol. The number of hydrogen-bond donors (Lipinski definition) is 2. The summed E-state index contributed by atoms with van der Waals surface area (Å²) in [6, 6.07) is 1.48. The summed E-state index contributed by atoms with van der Waals surface area (Å²) in [6.45, 7) is 7.73. The van der Waals surface area contributed by atoms with E-state index in [9.17, 15) is 8.94 Å². The van der Waals surface area contributed by atoms with Gasteiger partial charge in [-0.05, 0) is 64.8 Å². The number of pyridine rings is 1. The molecule has 6 heteroatoms. The van der Waals surface area contributed by atoms with Crippen LogP contribution >= 0.6 is 0 Å². The molecule has 2 atom stereocenters. The van der Waals surface area contributed by atoms with Crippen LogP contribution in [0, 0.1) is 11.2 Å². The van der Waals surface area contributed by atoms with Crippen LogP contribution in [0.15, 0.2) is 12.3 Å². The highest BCUT2D eigenvalue weighted by atomic mass is 32.2. The van der Waals surface area contributed by atoms with Crippen molar-refractivity contribution in [1.82, 2.24) is 15.0 Å². The van der Waals surface area contributed by atoms with Crippen molar-refractivity contribution < 1.29 is 8.94 Å². The average molecular weight is 325 g/mol. The van der Waals surface area contributed by atoms with E-state index in [1.54, 1.807) is 6.07 Å². The third-order valence-electron chi connectivity index (χ3n) is 4.79. The van der Waals surface area contributed by atoms with Crippen LogP contribution in [0.4, 0.5) is 4.39 Å². The van der Waals surface area contributed by atoms with Crippen molar-refractivity contribution in [3.8, 4) is 0 Å². The van der Waals surface area contributed by atoms with Crippen LogP contribution in [0.3, 0.4) is 0 Å². The minimum absolute atomic E-state index is 0.00468. The maximum atomic E-state index is 13.7. The van der Waals surface area contributed by atoms with Gasteiger partial charge in [0.2, 0.25) is 0 Å². The molecule has 2 heterocycles. The molecule has 1 spiro atoms. The molecule has 1 unspecified atom stereocenters. The lowest BCUT2D eigenvalue weighted by Crippen LogP contribution is -2.48. The van der Waals surface area contributed by atoms with Gasteiger partial charge in [0.25, 0.3) is 0 Å². The summed E-state index contributed by atoms with van der Waals surface area (Å²) in [5, 5.41) is 3.38. The molecule has 4 nitrogen and oxygen atoms in total. The second kappa shape index (κ2) is 5.74. The van der Waals surface area contributed by atoms with Gasteiger partial charge >= 0.3 is 0 Å². The molecule has 1 aromatic heterocycles. The van der Waals surface area contributed by atoms with Crippen LogP contribution in [-0.2, 0) is 17.8 Å².